The Kier molecular flexibility index (Phi) is 5.31. The first-order valence-corrected chi connectivity index (χ1v) is 6.18. The van der Waals surface area contributed by atoms with Crippen LogP contribution in [0.5, 0.6) is 5.75 Å². The molecule has 0 saturated heterocycles. The zero-order valence-electron chi connectivity index (χ0n) is 10.7. The Labute approximate surface area is 128 Å². The molecule has 0 bridgehead atoms. The van der Waals surface area contributed by atoms with Gasteiger partial charge in [0.25, 0.3) is 0 Å². The fourth-order valence-corrected chi connectivity index (χ4v) is 1.76. The first-order chi connectivity index (χ1) is 9.92. The molecular weight excluding hydrogens is 389 g/mol. The molecule has 0 fully saturated rings. The van der Waals surface area contributed by atoms with E-state index in [4.69, 9.17) is 4.74 Å². The summed E-state index contributed by atoms with van der Waals surface area (Å²) in [5, 5.41) is 2.72. The largest absolute Gasteiger partial charge is 0.496 e. The molecule has 11 heteroatoms. The van der Waals surface area contributed by atoms with Crippen molar-refractivity contribution in [1.29, 1.82) is 0 Å². The van der Waals surface area contributed by atoms with Crippen molar-refractivity contribution in [2.24, 2.45) is 5.10 Å². The molecule has 0 saturated carbocycles. The summed E-state index contributed by atoms with van der Waals surface area (Å²) in [6.45, 7) is 0. The molecule has 0 aliphatic carbocycles. The van der Waals surface area contributed by atoms with E-state index in [9.17, 15) is 30.7 Å². The normalized spacial score (nSPS) is 13.5. The number of ether oxygens (including phenoxy) is 1. The molecule has 0 unspecified atom stereocenters. The average Bonchev–Trinajstić information content (AvgIpc) is 2.37. The van der Waals surface area contributed by atoms with E-state index in [2.05, 4.69) is 21.0 Å². The molecule has 124 valence electrons. The van der Waals surface area contributed by atoms with Crippen molar-refractivity contribution in [3.8, 4) is 5.75 Å². The van der Waals surface area contributed by atoms with Crippen molar-refractivity contribution in [3.63, 3.8) is 0 Å². The third-order valence-electron chi connectivity index (χ3n) is 2.34. The number of hydrazone groups is 1. The van der Waals surface area contributed by atoms with E-state index in [0.29, 0.717) is 21.9 Å². The lowest BCUT2D eigenvalue weighted by molar-refractivity contribution is -0.361. The fourth-order valence-electron chi connectivity index (χ4n) is 1.20. The van der Waals surface area contributed by atoms with Crippen LogP contribution < -0.4 is 10.2 Å². The van der Waals surface area contributed by atoms with Crippen molar-refractivity contribution in [2.75, 3.05) is 7.11 Å². The van der Waals surface area contributed by atoms with Gasteiger partial charge in [0.15, 0.2) is 0 Å². The zero-order chi connectivity index (χ0) is 17.2. The number of alkyl halides is 7. The molecule has 22 heavy (non-hydrogen) atoms. The summed E-state index contributed by atoms with van der Waals surface area (Å²) in [6.07, 6.45) is -5.76. The van der Waals surface area contributed by atoms with Crippen molar-refractivity contribution < 1.29 is 35.5 Å². The first kappa shape index (κ1) is 18.5. The molecule has 0 radical (unpaired) electrons. The number of nitrogens with zero attached hydrogens (tertiary/aromatic N) is 1. The molecule has 0 heterocycles. The van der Waals surface area contributed by atoms with Gasteiger partial charge in [-0.3, -0.25) is 0 Å². The highest BCUT2D eigenvalue weighted by Crippen LogP contribution is 2.44. The summed E-state index contributed by atoms with van der Waals surface area (Å²) in [4.78, 5) is 0. The number of benzene rings is 1. The molecule has 0 aromatic heterocycles. The summed E-state index contributed by atoms with van der Waals surface area (Å²) in [5.74, 6) is -5.86. The lowest BCUT2D eigenvalue weighted by Crippen LogP contribution is -2.58. The van der Waals surface area contributed by atoms with Gasteiger partial charge < -0.3 is 4.74 Å². The second kappa shape index (κ2) is 6.31. The van der Waals surface area contributed by atoms with Gasteiger partial charge in [-0.1, -0.05) is 0 Å². The second-order valence-electron chi connectivity index (χ2n) is 3.91. The van der Waals surface area contributed by atoms with Crippen LogP contribution in [0.2, 0.25) is 0 Å². The van der Waals surface area contributed by atoms with E-state index in [1.807, 2.05) is 0 Å². The van der Waals surface area contributed by atoms with Gasteiger partial charge >= 0.3 is 18.1 Å². The van der Waals surface area contributed by atoms with Gasteiger partial charge in [-0.25, -0.2) is 5.43 Å². The van der Waals surface area contributed by atoms with Crippen molar-refractivity contribution >= 4 is 22.1 Å². The highest BCUT2D eigenvalue weighted by Gasteiger charge is 2.73. The first-order valence-electron chi connectivity index (χ1n) is 5.38. The summed E-state index contributed by atoms with van der Waals surface area (Å²) in [5.41, 5.74) is 0.681. The molecule has 1 aromatic rings. The van der Waals surface area contributed by atoms with Gasteiger partial charge in [-0.05, 0) is 39.7 Å². The SMILES string of the molecule is COc1ccc(/C=N/NC(F)(F)C(F)(F)C(F)(F)F)cc1Br. The van der Waals surface area contributed by atoms with Crippen molar-refractivity contribution in [2.45, 2.75) is 18.1 Å². The Hall–Kier alpha value is -1.52. The third-order valence-corrected chi connectivity index (χ3v) is 2.96. The summed E-state index contributed by atoms with van der Waals surface area (Å²) < 4.78 is 91.8. The average molecular weight is 397 g/mol. The zero-order valence-corrected chi connectivity index (χ0v) is 12.3. The molecule has 0 atom stereocenters. The number of hydrogen-bond acceptors (Lipinski definition) is 3. The third kappa shape index (κ3) is 3.81. The van der Waals surface area contributed by atoms with Crippen LogP contribution in [0.15, 0.2) is 27.8 Å². The summed E-state index contributed by atoms with van der Waals surface area (Å²) >= 11 is 3.07. The number of methoxy groups -OCH3 is 1. The van der Waals surface area contributed by atoms with Crippen LogP contribution in [-0.2, 0) is 0 Å². The molecule has 1 rings (SSSR count). The van der Waals surface area contributed by atoms with E-state index in [-0.39, 0.29) is 5.56 Å². The minimum Gasteiger partial charge on any atom is -0.496 e. The van der Waals surface area contributed by atoms with E-state index in [1.54, 1.807) is 0 Å². The Morgan fingerprint density at radius 2 is 1.73 bits per heavy atom. The molecule has 0 aliphatic heterocycles. The molecular formula is C11H8BrF7N2O. The van der Waals surface area contributed by atoms with Crippen LogP contribution in [0.3, 0.4) is 0 Å². The van der Waals surface area contributed by atoms with Crippen molar-refractivity contribution in [3.05, 3.63) is 28.2 Å². The van der Waals surface area contributed by atoms with Crippen molar-refractivity contribution in [1.82, 2.24) is 5.43 Å². The van der Waals surface area contributed by atoms with Gasteiger partial charge in [0.2, 0.25) is 0 Å². The quantitative estimate of drug-likeness (QED) is 0.350. The predicted molar refractivity (Wildman–Crippen MR) is 67.4 cm³/mol. The second-order valence-corrected chi connectivity index (χ2v) is 4.76. The van der Waals surface area contributed by atoms with Gasteiger partial charge in [0.05, 0.1) is 17.8 Å². The van der Waals surface area contributed by atoms with Gasteiger partial charge in [-0.2, -0.15) is 35.8 Å². The van der Waals surface area contributed by atoms with Gasteiger partial charge in [0.1, 0.15) is 5.75 Å². The Morgan fingerprint density at radius 1 is 1.14 bits per heavy atom. The van der Waals surface area contributed by atoms with Crippen LogP contribution in [0.4, 0.5) is 30.7 Å². The van der Waals surface area contributed by atoms with Crippen LogP contribution >= 0.6 is 15.9 Å². The number of halogens is 8. The Balaban J connectivity index is 2.86. The maximum absolute atomic E-state index is 12.9. The Morgan fingerprint density at radius 3 is 2.18 bits per heavy atom. The molecule has 0 amide bonds. The van der Waals surface area contributed by atoms with Gasteiger partial charge in [0, 0.05) is 0 Å². The maximum atomic E-state index is 12.9. The van der Waals surface area contributed by atoms with Crippen LogP contribution in [0.25, 0.3) is 0 Å². The van der Waals surface area contributed by atoms with Gasteiger partial charge in [-0.15, -0.1) is 0 Å². The monoisotopic (exact) mass is 396 g/mol. The van der Waals surface area contributed by atoms with Crippen LogP contribution in [0.1, 0.15) is 5.56 Å². The molecule has 0 spiro atoms. The molecule has 0 aliphatic rings. The molecule has 1 aromatic carbocycles. The number of rotatable bonds is 5. The molecule has 3 nitrogen and oxygen atoms in total. The standard InChI is InChI=1S/C11H8BrF7N2O/c1-22-8-3-2-6(4-7(8)12)5-20-21-11(18,19)9(13,14)10(15,16)17/h2-5,21H,1H3/b20-5+. The lowest BCUT2D eigenvalue weighted by Gasteiger charge is -2.27. The minimum absolute atomic E-state index is 0.159. The van der Waals surface area contributed by atoms with E-state index in [0.717, 1.165) is 0 Å². The number of nitrogens with one attached hydrogen (secondary N) is 1. The lowest BCUT2D eigenvalue weighted by atomic mass is 10.2. The van der Waals surface area contributed by atoms with Crippen LogP contribution in [0, 0.1) is 0 Å². The number of hydrogen-bond donors (Lipinski definition) is 1. The highest BCUT2D eigenvalue weighted by molar-refractivity contribution is 9.10. The minimum atomic E-state index is -6.41. The smallest absolute Gasteiger partial charge is 0.462 e. The highest BCUT2D eigenvalue weighted by atomic mass is 79.9. The van der Waals surface area contributed by atoms with E-state index >= 15 is 0 Å². The van der Waals surface area contributed by atoms with Crippen LogP contribution in [-0.4, -0.2) is 31.5 Å². The predicted octanol–water partition coefficient (Wildman–Crippen LogP) is 4.17. The summed E-state index contributed by atoms with van der Waals surface area (Å²) in [7, 11) is 1.37. The summed E-state index contributed by atoms with van der Waals surface area (Å²) in [6, 6.07) is -1.52. The molecule has 1 N–H and O–H groups in total. The Bertz CT molecular complexity index is 560. The maximum Gasteiger partial charge on any atom is 0.462 e. The fraction of sp³-hybridized carbons (Fsp3) is 0.364. The van der Waals surface area contributed by atoms with E-state index < -0.39 is 18.1 Å². The topological polar surface area (TPSA) is 33.6 Å². The van der Waals surface area contributed by atoms with E-state index in [1.165, 1.54) is 25.3 Å².